The molecule has 0 atom stereocenters. The van der Waals surface area contributed by atoms with Crippen molar-refractivity contribution in [1.29, 1.82) is 0 Å². The van der Waals surface area contributed by atoms with E-state index >= 15 is 0 Å². The maximum absolute atomic E-state index is 11.7. The van der Waals surface area contributed by atoms with Crippen molar-refractivity contribution in [3.63, 3.8) is 0 Å². The minimum Gasteiger partial charge on any atom is -0.474 e. The third-order valence-corrected chi connectivity index (χ3v) is 3.40. The molecule has 7 heteroatoms. The normalized spacial score (nSPS) is 15.3. The van der Waals surface area contributed by atoms with Crippen LogP contribution in [0.1, 0.15) is 26.7 Å². The number of anilines is 1. The molecule has 7 nitrogen and oxygen atoms in total. The fourth-order valence-electron chi connectivity index (χ4n) is 2.34. The summed E-state index contributed by atoms with van der Waals surface area (Å²) in [7, 11) is 0. The van der Waals surface area contributed by atoms with Gasteiger partial charge in [-0.15, -0.1) is 0 Å². The highest BCUT2D eigenvalue weighted by Crippen LogP contribution is 2.18. The van der Waals surface area contributed by atoms with E-state index in [-0.39, 0.29) is 18.0 Å². The molecule has 1 aromatic heterocycles. The van der Waals surface area contributed by atoms with Gasteiger partial charge in [-0.25, -0.2) is 9.78 Å². The largest absolute Gasteiger partial charge is 0.474 e. The number of aromatic nitrogens is 1. The van der Waals surface area contributed by atoms with Gasteiger partial charge in [-0.2, -0.15) is 0 Å². The highest BCUT2D eigenvalue weighted by Gasteiger charge is 2.23. The summed E-state index contributed by atoms with van der Waals surface area (Å²) in [5.74, 6) is 0.402. The monoisotopic (exact) mass is 306 g/mol. The molecule has 3 amide bonds. The minimum absolute atomic E-state index is 0.0151. The molecule has 0 bridgehead atoms. The number of nitrogens with one attached hydrogen (secondary N) is 2. The Morgan fingerprint density at radius 3 is 2.64 bits per heavy atom. The number of rotatable bonds is 4. The van der Waals surface area contributed by atoms with Crippen LogP contribution in [0.2, 0.25) is 0 Å². The van der Waals surface area contributed by atoms with Gasteiger partial charge in [-0.1, -0.05) is 0 Å². The van der Waals surface area contributed by atoms with Crippen molar-refractivity contribution in [2.75, 3.05) is 25.0 Å². The number of ether oxygens (including phenoxy) is 1. The molecule has 0 radical (unpaired) electrons. The minimum atomic E-state index is -0.131. The zero-order valence-electron chi connectivity index (χ0n) is 13.0. The summed E-state index contributed by atoms with van der Waals surface area (Å²) >= 11 is 0. The first-order valence-corrected chi connectivity index (χ1v) is 7.51. The number of carbonyl (C=O) groups is 2. The van der Waals surface area contributed by atoms with Gasteiger partial charge in [0.25, 0.3) is 0 Å². The van der Waals surface area contributed by atoms with E-state index in [2.05, 4.69) is 15.6 Å². The molecule has 1 saturated heterocycles. The van der Waals surface area contributed by atoms with Crippen LogP contribution >= 0.6 is 0 Å². The van der Waals surface area contributed by atoms with Crippen molar-refractivity contribution in [3.05, 3.63) is 18.3 Å². The van der Waals surface area contributed by atoms with E-state index in [4.69, 9.17) is 4.74 Å². The summed E-state index contributed by atoms with van der Waals surface area (Å²) in [6.45, 7) is 5.36. The third kappa shape index (κ3) is 4.61. The third-order valence-electron chi connectivity index (χ3n) is 3.40. The topological polar surface area (TPSA) is 83.6 Å². The molecule has 1 fully saturated rings. The molecular formula is C15H22N4O3. The van der Waals surface area contributed by atoms with Crippen LogP contribution in [0.4, 0.5) is 10.5 Å². The Kier molecular flexibility index (Phi) is 5.57. The summed E-state index contributed by atoms with van der Waals surface area (Å²) in [5.41, 5.74) is 0.644. The van der Waals surface area contributed by atoms with E-state index in [1.165, 1.54) is 6.92 Å². The highest BCUT2D eigenvalue weighted by atomic mass is 16.5. The maximum atomic E-state index is 11.7. The van der Waals surface area contributed by atoms with Crippen molar-refractivity contribution in [2.45, 2.75) is 32.8 Å². The van der Waals surface area contributed by atoms with Gasteiger partial charge in [0.15, 0.2) is 0 Å². The Bertz CT molecular complexity index is 510. The van der Waals surface area contributed by atoms with Crippen LogP contribution in [-0.4, -0.2) is 47.6 Å². The second-order valence-corrected chi connectivity index (χ2v) is 5.21. The first-order chi connectivity index (χ1) is 10.6. The van der Waals surface area contributed by atoms with Crippen LogP contribution in [0, 0.1) is 0 Å². The molecule has 120 valence electrons. The molecule has 1 aromatic rings. The lowest BCUT2D eigenvalue weighted by Gasteiger charge is -2.31. The van der Waals surface area contributed by atoms with Crippen LogP contribution in [-0.2, 0) is 4.79 Å². The molecule has 2 rings (SSSR count). The number of urea groups is 1. The molecule has 0 aromatic carbocycles. The van der Waals surface area contributed by atoms with Crippen LogP contribution in [0.5, 0.6) is 5.88 Å². The van der Waals surface area contributed by atoms with E-state index in [0.717, 1.165) is 12.8 Å². The van der Waals surface area contributed by atoms with Crippen molar-refractivity contribution < 1.29 is 14.3 Å². The number of pyridine rings is 1. The number of hydrogen-bond donors (Lipinski definition) is 2. The average molecular weight is 306 g/mol. The number of nitrogens with zero attached hydrogens (tertiary/aromatic N) is 2. The molecular weight excluding hydrogens is 284 g/mol. The predicted octanol–water partition coefficient (Wildman–Crippen LogP) is 1.61. The summed E-state index contributed by atoms with van der Waals surface area (Å²) in [6, 6.07) is 3.48. The molecule has 0 unspecified atom stereocenters. The molecule has 1 aliphatic rings. The number of likely N-dealkylation sites (tertiary alicyclic amines) is 1. The molecule has 2 N–H and O–H groups in total. The lowest BCUT2D eigenvalue weighted by molar-refractivity contribution is -0.114. The second kappa shape index (κ2) is 7.63. The molecule has 2 heterocycles. The maximum Gasteiger partial charge on any atom is 0.317 e. The number of hydrogen-bond acceptors (Lipinski definition) is 4. The predicted molar refractivity (Wildman–Crippen MR) is 82.8 cm³/mol. The van der Waals surface area contributed by atoms with Gasteiger partial charge in [0.1, 0.15) is 6.10 Å². The lowest BCUT2D eigenvalue weighted by Crippen LogP contribution is -2.46. The van der Waals surface area contributed by atoms with Gasteiger partial charge < -0.3 is 20.3 Å². The smallest absolute Gasteiger partial charge is 0.317 e. The van der Waals surface area contributed by atoms with Gasteiger partial charge in [0.05, 0.1) is 11.9 Å². The molecule has 1 aliphatic heterocycles. The molecule has 0 spiro atoms. The van der Waals surface area contributed by atoms with Gasteiger partial charge in [0, 0.05) is 45.5 Å². The Balaban J connectivity index is 1.80. The number of carbonyl (C=O) groups excluding carboxylic acids is 2. The summed E-state index contributed by atoms with van der Waals surface area (Å²) in [5, 5.41) is 5.46. The zero-order valence-corrected chi connectivity index (χ0v) is 13.0. The van der Waals surface area contributed by atoms with Crippen molar-refractivity contribution in [2.24, 2.45) is 0 Å². The Hall–Kier alpha value is -2.31. The zero-order chi connectivity index (χ0) is 15.9. The van der Waals surface area contributed by atoms with Gasteiger partial charge in [0.2, 0.25) is 11.8 Å². The fourth-order valence-corrected chi connectivity index (χ4v) is 2.34. The highest BCUT2D eigenvalue weighted by molar-refractivity contribution is 5.88. The van der Waals surface area contributed by atoms with E-state index in [9.17, 15) is 9.59 Å². The van der Waals surface area contributed by atoms with Crippen molar-refractivity contribution >= 4 is 17.6 Å². The summed E-state index contributed by atoms with van der Waals surface area (Å²) in [4.78, 5) is 28.6. The molecule has 22 heavy (non-hydrogen) atoms. The van der Waals surface area contributed by atoms with E-state index in [0.29, 0.717) is 31.2 Å². The van der Waals surface area contributed by atoms with Crippen LogP contribution in [0.25, 0.3) is 0 Å². The van der Waals surface area contributed by atoms with Crippen LogP contribution in [0.3, 0.4) is 0 Å². The summed E-state index contributed by atoms with van der Waals surface area (Å²) < 4.78 is 5.82. The van der Waals surface area contributed by atoms with Gasteiger partial charge in [-0.05, 0) is 13.0 Å². The second-order valence-electron chi connectivity index (χ2n) is 5.21. The Morgan fingerprint density at radius 2 is 2.09 bits per heavy atom. The number of piperidine rings is 1. The summed E-state index contributed by atoms with van der Waals surface area (Å²) in [6.07, 6.45) is 3.20. The quantitative estimate of drug-likeness (QED) is 0.885. The Morgan fingerprint density at radius 1 is 1.36 bits per heavy atom. The van der Waals surface area contributed by atoms with Crippen molar-refractivity contribution in [1.82, 2.24) is 15.2 Å². The molecule has 0 saturated carbocycles. The lowest BCUT2D eigenvalue weighted by atomic mass is 10.1. The van der Waals surface area contributed by atoms with E-state index in [1.807, 2.05) is 6.92 Å². The molecule has 0 aliphatic carbocycles. The SMILES string of the molecule is CCNC(=O)N1CCC(Oc2ccc(NC(C)=O)cn2)CC1. The van der Waals surface area contributed by atoms with E-state index in [1.54, 1.807) is 23.2 Å². The van der Waals surface area contributed by atoms with Crippen molar-refractivity contribution in [3.8, 4) is 5.88 Å². The van der Waals surface area contributed by atoms with Gasteiger partial charge >= 0.3 is 6.03 Å². The Labute approximate surface area is 130 Å². The first kappa shape index (κ1) is 16.1. The standard InChI is InChI=1S/C15H22N4O3/c1-3-16-15(21)19-8-6-13(7-9-19)22-14-5-4-12(10-17-14)18-11(2)20/h4-5,10,13H,3,6-9H2,1-2H3,(H,16,21)(H,18,20). The first-order valence-electron chi connectivity index (χ1n) is 7.51. The van der Waals surface area contributed by atoms with Gasteiger partial charge in [-0.3, -0.25) is 4.79 Å². The average Bonchev–Trinajstić information content (AvgIpc) is 2.50. The fraction of sp³-hybridized carbons (Fsp3) is 0.533. The number of amides is 3. The van der Waals surface area contributed by atoms with Crippen LogP contribution in [0.15, 0.2) is 18.3 Å². The van der Waals surface area contributed by atoms with E-state index < -0.39 is 0 Å². The van der Waals surface area contributed by atoms with Crippen LogP contribution < -0.4 is 15.4 Å².